The number of aromatic nitrogens is 1. The van der Waals surface area contributed by atoms with Gasteiger partial charge in [0.25, 0.3) is 0 Å². The van der Waals surface area contributed by atoms with Gasteiger partial charge >= 0.3 is 0 Å². The van der Waals surface area contributed by atoms with Crippen LogP contribution in [0.4, 0.5) is 0 Å². The maximum atomic E-state index is 12.0. The standard InChI is InChI=1S/C13H21N3O2/c1-8-10(9(2)18-16-8)7-13(17)15-12-6-4-3-5-11(12)14/h11-12H,3-7,14H2,1-2H3,(H,15,17)/t11-,12-/m1/s1. The fourth-order valence-electron chi connectivity index (χ4n) is 2.51. The number of nitrogens with zero attached hydrogens (tertiary/aromatic N) is 1. The van der Waals surface area contributed by atoms with E-state index in [1.807, 2.05) is 13.8 Å². The van der Waals surface area contributed by atoms with Gasteiger partial charge < -0.3 is 15.6 Å². The first-order valence-electron chi connectivity index (χ1n) is 6.54. The topological polar surface area (TPSA) is 81.2 Å². The summed E-state index contributed by atoms with van der Waals surface area (Å²) >= 11 is 0. The van der Waals surface area contributed by atoms with Crippen LogP contribution < -0.4 is 11.1 Å². The van der Waals surface area contributed by atoms with Gasteiger partial charge in [0.1, 0.15) is 5.76 Å². The third kappa shape index (κ3) is 2.90. The Labute approximate surface area is 107 Å². The Kier molecular flexibility index (Phi) is 4.01. The molecule has 2 atom stereocenters. The number of nitrogens with one attached hydrogen (secondary N) is 1. The summed E-state index contributed by atoms with van der Waals surface area (Å²) in [5.41, 5.74) is 7.69. The van der Waals surface area contributed by atoms with Crippen LogP contribution in [0.15, 0.2) is 4.52 Å². The van der Waals surface area contributed by atoms with Crippen LogP contribution in [0.5, 0.6) is 0 Å². The van der Waals surface area contributed by atoms with Crippen LogP contribution in [0.25, 0.3) is 0 Å². The molecule has 1 aliphatic carbocycles. The molecule has 1 aromatic heterocycles. The first-order valence-corrected chi connectivity index (χ1v) is 6.54. The summed E-state index contributed by atoms with van der Waals surface area (Å²) in [6.45, 7) is 3.68. The molecule has 1 heterocycles. The van der Waals surface area contributed by atoms with Crippen molar-refractivity contribution in [3.05, 3.63) is 17.0 Å². The zero-order valence-corrected chi connectivity index (χ0v) is 11.0. The number of carbonyl (C=O) groups is 1. The smallest absolute Gasteiger partial charge is 0.224 e. The van der Waals surface area contributed by atoms with Gasteiger partial charge in [0.05, 0.1) is 12.1 Å². The van der Waals surface area contributed by atoms with Crippen molar-refractivity contribution < 1.29 is 9.32 Å². The minimum Gasteiger partial charge on any atom is -0.361 e. The molecule has 1 aliphatic rings. The Balaban J connectivity index is 1.92. The van der Waals surface area contributed by atoms with Crippen LogP contribution in [-0.2, 0) is 11.2 Å². The van der Waals surface area contributed by atoms with Gasteiger partial charge in [-0.05, 0) is 26.7 Å². The molecular weight excluding hydrogens is 230 g/mol. The lowest BCUT2D eigenvalue weighted by Gasteiger charge is -2.29. The maximum Gasteiger partial charge on any atom is 0.224 e. The summed E-state index contributed by atoms with van der Waals surface area (Å²) in [5.74, 6) is 0.724. The van der Waals surface area contributed by atoms with E-state index >= 15 is 0 Å². The number of amides is 1. The first kappa shape index (κ1) is 13.1. The van der Waals surface area contributed by atoms with E-state index in [2.05, 4.69) is 10.5 Å². The highest BCUT2D eigenvalue weighted by molar-refractivity contribution is 5.79. The van der Waals surface area contributed by atoms with Gasteiger partial charge in [-0.15, -0.1) is 0 Å². The Morgan fingerprint density at radius 2 is 2.17 bits per heavy atom. The third-order valence-corrected chi connectivity index (χ3v) is 3.68. The molecule has 1 aromatic rings. The molecular formula is C13H21N3O2. The fraction of sp³-hybridized carbons (Fsp3) is 0.692. The normalized spacial score (nSPS) is 23.9. The minimum absolute atomic E-state index is 0.00625. The SMILES string of the molecule is Cc1noc(C)c1CC(=O)N[C@@H]1CCCC[C@H]1N. The van der Waals surface area contributed by atoms with E-state index in [-0.39, 0.29) is 18.0 Å². The third-order valence-electron chi connectivity index (χ3n) is 3.68. The summed E-state index contributed by atoms with van der Waals surface area (Å²) in [5, 5.41) is 6.88. The minimum atomic E-state index is 0.00625. The molecule has 0 radical (unpaired) electrons. The summed E-state index contributed by atoms with van der Waals surface area (Å²) in [4.78, 5) is 12.0. The van der Waals surface area contributed by atoms with Crippen LogP contribution in [0.1, 0.15) is 42.7 Å². The van der Waals surface area contributed by atoms with E-state index in [1.165, 1.54) is 0 Å². The Hall–Kier alpha value is -1.36. The van der Waals surface area contributed by atoms with E-state index in [4.69, 9.17) is 10.3 Å². The van der Waals surface area contributed by atoms with Crippen LogP contribution >= 0.6 is 0 Å². The van der Waals surface area contributed by atoms with Gasteiger partial charge in [0.15, 0.2) is 0 Å². The number of hydrogen-bond acceptors (Lipinski definition) is 4. The molecule has 5 heteroatoms. The van der Waals surface area contributed by atoms with E-state index in [0.29, 0.717) is 6.42 Å². The number of nitrogens with two attached hydrogens (primary N) is 1. The lowest BCUT2D eigenvalue weighted by Crippen LogP contribution is -2.49. The van der Waals surface area contributed by atoms with Crippen molar-refractivity contribution >= 4 is 5.91 Å². The van der Waals surface area contributed by atoms with Crippen molar-refractivity contribution in [2.75, 3.05) is 0 Å². The Morgan fingerprint density at radius 1 is 1.44 bits per heavy atom. The zero-order valence-electron chi connectivity index (χ0n) is 11.0. The largest absolute Gasteiger partial charge is 0.361 e. The zero-order chi connectivity index (χ0) is 13.1. The molecule has 100 valence electrons. The highest BCUT2D eigenvalue weighted by Crippen LogP contribution is 2.18. The van der Waals surface area contributed by atoms with Gasteiger partial charge in [-0.1, -0.05) is 18.0 Å². The van der Waals surface area contributed by atoms with Crippen LogP contribution in [0.2, 0.25) is 0 Å². The van der Waals surface area contributed by atoms with Crippen LogP contribution in [0, 0.1) is 13.8 Å². The lowest BCUT2D eigenvalue weighted by atomic mass is 9.91. The van der Waals surface area contributed by atoms with E-state index in [9.17, 15) is 4.79 Å². The number of carbonyl (C=O) groups excluding carboxylic acids is 1. The van der Waals surface area contributed by atoms with E-state index < -0.39 is 0 Å². The number of rotatable bonds is 3. The summed E-state index contributed by atoms with van der Waals surface area (Å²) in [6, 6.07) is 0.207. The second kappa shape index (κ2) is 5.52. The van der Waals surface area contributed by atoms with Crippen molar-refractivity contribution in [2.24, 2.45) is 5.73 Å². The van der Waals surface area contributed by atoms with E-state index in [1.54, 1.807) is 0 Å². The molecule has 18 heavy (non-hydrogen) atoms. The molecule has 1 fully saturated rings. The van der Waals surface area contributed by atoms with Gasteiger partial charge in [0.2, 0.25) is 5.91 Å². The second-order valence-corrected chi connectivity index (χ2v) is 5.10. The molecule has 0 saturated heterocycles. The number of hydrogen-bond donors (Lipinski definition) is 2. The number of aryl methyl sites for hydroxylation is 2. The van der Waals surface area contributed by atoms with Crippen molar-refractivity contribution in [3.8, 4) is 0 Å². The fourth-order valence-corrected chi connectivity index (χ4v) is 2.51. The predicted octanol–water partition coefficient (Wildman–Crippen LogP) is 1.22. The molecule has 0 bridgehead atoms. The van der Waals surface area contributed by atoms with E-state index in [0.717, 1.165) is 42.7 Å². The quantitative estimate of drug-likeness (QED) is 0.846. The summed E-state index contributed by atoms with van der Waals surface area (Å²) in [7, 11) is 0. The van der Waals surface area contributed by atoms with Crippen molar-refractivity contribution in [1.82, 2.24) is 10.5 Å². The maximum absolute atomic E-state index is 12.0. The predicted molar refractivity (Wildman–Crippen MR) is 68.1 cm³/mol. The molecule has 5 nitrogen and oxygen atoms in total. The monoisotopic (exact) mass is 251 g/mol. The molecule has 1 amide bonds. The molecule has 0 spiro atoms. The molecule has 1 saturated carbocycles. The highest BCUT2D eigenvalue weighted by Gasteiger charge is 2.24. The lowest BCUT2D eigenvalue weighted by molar-refractivity contribution is -0.121. The second-order valence-electron chi connectivity index (χ2n) is 5.10. The highest BCUT2D eigenvalue weighted by atomic mass is 16.5. The van der Waals surface area contributed by atoms with Gasteiger partial charge in [-0.2, -0.15) is 0 Å². The van der Waals surface area contributed by atoms with Gasteiger partial charge in [-0.3, -0.25) is 4.79 Å². The average Bonchev–Trinajstić information content (AvgIpc) is 2.64. The molecule has 2 rings (SSSR count). The van der Waals surface area contributed by atoms with Crippen LogP contribution in [0.3, 0.4) is 0 Å². The molecule has 0 aromatic carbocycles. The molecule has 3 N–H and O–H groups in total. The molecule has 0 aliphatic heterocycles. The summed E-state index contributed by atoms with van der Waals surface area (Å²) in [6.07, 6.45) is 4.61. The summed E-state index contributed by atoms with van der Waals surface area (Å²) < 4.78 is 5.05. The van der Waals surface area contributed by atoms with Crippen LogP contribution in [-0.4, -0.2) is 23.1 Å². The van der Waals surface area contributed by atoms with Gasteiger partial charge in [-0.25, -0.2) is 0 Å². The first-order chi connectivity index (χ1) is 8.58. The average molecular weight is 251 g/mol. The molecule has 0 unspecified atom stereocenters. The van der Waals surface area contributed by atoms with Crippen molar-refractivity contribution in [1.29, 1.82) is 0 Å². The Morgan fingerprint density at radius 3 is 2.78 bits per heavy atom. The Bertz CT molecular complexity index is 408. The van der Waals surface area contributed by atoms with Gasteiger partial charge in [0, 0.05) is 17.6 Å². The van der Waals surface area contributed by atoms with Crippen molar-refractivity contribution in [2.45, 2.75) is 58.0 Å². The van der Waals surface area contributed by atoms with Crippen molar-refractivity contribution in [3.63, 3.8) is 0 Å².